The summed E-state index contributed by atoms with van der Waals surface area (Å²) in [5, 5.41) is 10.4. The maximum atomic E-state index is 10.4. The molecule has 2 heterocycles. The summed E-state index contributed by atoms with van der Waals surface area (Å²) >= 11 is 0. The van der Waals surface area contributed by atoms with Gasteiger partial charge in [0.1, 0.15) is 0 Å². The first-order valence-corrected chi connectivity index (χ1v) is 6.52. The van der Waals surface area contributed by atoms with E-state index < -0.39 is 5.60 Å². The SMILES string of the molecule is C[C@@]1(O)CC[C@H]1[C@H]1c2ccccc2-c2cncn21. The lowest BCUT2D eigenvalue weighted by Gasteiger charge is -2.46. The normalized spacial score (nSPS) is 32.8. The van der Waals surface area contributed by atoms with E-state index in [0.29, 0.717) is 5.92 Å². The third-order valence-electron chi connectivity index (χ3n) is 4.66. The van der Waals surface area contributed by atoms with Crippen molar-refractivity contribution in [2.24, 2.45) is 5.92 Å². The largest absolute Gasteiger partial charge is 0.390 e. The highest BCUT2D eigenvalue weighted by Crippen LogP contribution is 2.52. The number of nitrogens with zero attached hydrogens (tertiary/aromatic N) is 2. The maximum Gasteiger partial charge on any atom is 0.0956 e. The molecule has 92 valence electrons. The van der Waals surface area contributed by atoms with Crippen LogP contribution in [0.5, 0.6) is 0 Å². The van der Waals surface area contributed by atoms with Gasteiger partial charge in [-0.25, -0.2) is 4.98 Å². The Morgan fingerprint density at radius 1 is 1.39 bits per heavy atom. The second-order valence-electron chi connectivity index (χ2n) is 5.72. The summed E-state index contributed by atoms with van der Waals surface area (Å²) in [4.78, 5) is 4.26. The molecule has 0 unspecified atom stereocenters. The zero-order valence-corrected chi connectivity index (χ0v) is 10.4. The summed E-state index contributed by atoms with van der Waals surface area (Å²) < 4.78 is 2.23. The number of aliphatic hydroxyl groups is 1. The van der Waals surface area contributed by atoms with Gasteiger partial charge in [0.05, 0.1) is 29.9 Å². The quantitative estimate of drug-likeness (QED) is 0.832. The number of fused-ring (bicyclic) bond motifs is 3. The third kappa shape index (κ3) is 1.15. The van der Waals surface area contributed by atoms with E-state index in [0.717, 1.165) is 12.8 Å². The Bertz CT molecular complexity index is 614. The first kappa shape index (κ1) is 10.3. The molecule has 1 aromatic carbocycles. The van der Waals surface area contributed by atoms with Crippen molar-refractivity contribution in [1.29, 1.82) is 0 Å². The molecular weight excluding hydrogens is 224 g/mol. The topological polar surface area (TPSA) is 38.1 Å². The molecule has 0 radical (unpaired) electrons. The zero-order valence-electron chi connectivity index (χ0n) is 10.4. The molecule has 3 nitrogen and oxygen atoms in total. The van der Waals surface area contributed by atoms with Crippen LogP contribution in [0.4, 0.5) is 0 Å². The summed E-state index contributed by atoms with van der Waals surface area (Å²) in [6.07, 6.45) is 5.81. The molecular formula is C15H16N2O. The highest BCUT2D eigenvalue weighted by Gasteiger charge is 2.49. The van der Waals surface area contributed by atoms with Crippen LogP contribution in [-0.4, -0.2) is 20.3 Å². The van der Waals surface area contributed by atoms with Crippen molar-refractivity contribution in [3.63, 3.8) is 0 Å². The molecule has 18 heavy (non-hydrogen) atoms. The minimum atomic E-state index is -0.538. The molecule has 2 aromatic rings. The van der Waals surface area contributed by atoms with Crippen LogP contribution in [-0.2, 0) is 0 Å². The average molecular weight is 240 g/mol. The van der Waals surface area contributed by atoms with Crippen LogP contribution in [0.2, 0.25) is 0 Å². The van der Waals surface area contributed by atoms with Crippen LogP contribution in [0.1, 0.15) is 31.4 Å². The van der Waals surface area contributed by atoms with Crippen molar-refractivity contribution in [2.75, 3.05) is 0 Å². The minimum absolute atomic E-state index is 0.252. The van der Waals surface area contributed by atoms with Crippen molar-refractivity contribution >= 4 is 0 Å². The fraction of sp³-hybridized carbons (Fsp3) is 0.400. The molecule has 0 bridgehead atoms. The van der Waals surface area contributed by atoms with Gasteiger partial charge in [0.2, 0.25) is 0 Å². The summed E-state index contributed by atoms with van der Waals surface area (Å²) in [5.41, 5.74) is 3.24. The van der Waals surface area contributed by atoms with Crippen molar-refractivity contribution in [3.05, 3.63) is 42.4 Å². The van der Waals surface area contributed by atoms with E-state index in [4.69, 9.17) is 0 Å². The van der Waals surface area contributed by atoms with E-state index >= 15 is 0 Å². The Balaban J connectivity index is 1.90. The standard InChI is InChI=1S/C15H16N2O/c1-15(18)7-6-12(15)14-11-5-3-2-4-10(11)13-8-16-9-17(13)14/h2-5,8-9,12,14,18H,6-7H2,1H3/t12-,14+,15+/m0/s1. The van der Waals surface area contributed by atoms with Gasteiger partial charge in [-0.15, -0.1) is 0 Å². The van der Waals surface area contributed by atoms with E-state index in [1.54, 1.807) is 0 Å². The Morgan fingerprint density at radius 3 is 2.94 bits per heavy atom. The second-order valence-corrected chi connectivity index (χ2v) is 5.72. The van der Waals surface area contributed by atoms with E-state index in [1.807, 2.05) is 19.4 Å². The van der Waals surface area contributed by atoms with E-state index in [1.165, 1.54) is 16.8 Å². The molecule has 3 atom stereocenters. The zero-order chi connectivity index (χ0) is 12.3. The molecule has 4 rings (SSSR count). The van der Waals surface area contributed by atoms with Gasteiger partial charge in [-0.3, -0.25) is 0 Å². The lowest BCUT2D eigenvalue weighted by molar-refractivity contribution is -0.0924. The highest BCUT2D eigenvalue weighted by atomic mass is 16.3. The Labute approximate surface area is 106 Å². The van der Waals surface area contributed by atoms with Gasteiger partial charge in [-0.1, -0.05) is 24.3 Å². The van der Waals surface area contributed by atoms with Crippen molar-refractivity contribution in [3.8, 4) is 11.3 Å². The summed E-state index contributed by atoms with van der Waals surface area (Å²) in [6, 6.07) is 8.73. The molecule has 0 spiro atoms. The van der Waals surface area contributed by atoms with E-state index in [-0.39, 0.29) is 6.04 Å². The number of hydrogen-bond donors (Lipinski definition) is 1. The van der Waals surface area contributed by atoms with Gasteiger partial charge in [0, 0.05) is 11.5 Å². The summed E-state index contributed by atoms with van der Waals surface area (Å²) in [5.74, 6) is 0.300. The minimum Gasteiger partial charge on any atom is -0.390 e. The molecule has 2 aliphatic rings. The molecule has 3 heteroatoms. The van der Waals surface area contributed by atoms with E-state index in [2.05, 4.69) is 33.8 Å². The number of benzene rings is 1. The average Bonchev–Trinajstić information content (AvgIpc) is 2.92. The van der Waals surface area contributed by atoms with Gasteiger partial charge in [-0.05, 0) is 25.3 Å². The van der Waals surface area contributed by atoms with Crippen LogP contribution < -0.4 is 0 Å². The van der Waals surface area contributed by atoms with Crippen LogP contribution in [0, 0.1) is 5.92 Å². The van der Waals surface area contributed by atoms with Crippen LogP contribution in [0.3, 0.4) is 0 Å². The van der Waals surface area contributed by atoms with Crippen LogP contribution in [0.15, 0.2) is 36.8 Å². The molecule has 1 aromatic heterocycles. The van der Waals surface area contributed by atoms with Crippen molar-refractivity contribution in [1.82, 2.24) is 9.55 Å². The van der Waals surface area contributed by atoms with Gasteiger partial charge in [-0.2, -0.15) is 0 Å². The smallest absolute Gasteiger partial charge is 0.0956 e. The maximum absolute atomic E-state index is 10.4. The lowest BCUT2D eigenvalue weighted by Crippen LogP contribution is -2.48. The predicted molar refractivity (Wildman–Crippen MR) is 69.1 cm³/mol. The second kappa shape index (κ2) is 3.23. The predicted octanol–water partition coefficient (Wildman–Crippen LogP) is 2.61. The molecule has 1 aliphatic carbocycles. The van der Waals surface area contributed by atoms with Gasteiger partial charge < -0.3 is 9.67 Å². The molecule has 0 saturated heterocycles. The van der Waals surface area contributed by atoms with Gasteiger partial charge >= 0.3 is 0 Å². The van der Waals surface area contributed by atoms with Crippen LogP contribution >= 0.6 is 0 Å². The third-order valence-corrected chi connectivity index (χ3v) is 4.66. The van der Waals surface area contributed by atoms with Crippen molar-refractivity contribution in [2.45, 2.75) is 31.4 Å². The monoisotopic (exact) mass is 240 g/mol. The Kier molecular flexibility index (Phi) is 1.86. The summed E-state index contributed by atoms with van der Waals surface area (Å²) in [6.45, 7) is 1.96. The first-order valence-electron chi connectivity index (χ1n) is 6.52. The van der Waals surface area contributed by atoms with Gasteiger partial charge in [0.25, 0.3) is 0 Å². The Hall–Kier alpha value is -1.61. The molecule has 1 N–H and O–H groups in total. The highest BCUT2D eigenvalue weighted by molar-refractivity contribution is 5.69. The summed E-state index contributed by atoms with van der Waals surface area (Å²) in [7, 11) is 0. The van der Waals surface area contributed by atoms with Crippen molar-refractivity contribution < 1.29 is 5.11 Å². The molecule has 0 amide bonds. The fourth-order valence-corrected chi connectivity index (χ4v) is 3.51. The molecule has 1 aliphatic heterocycles. The number of hydrogen-bond acceptors (Lipinski definition) is 2. The number of rotatable bonds is 1. The van der Waals surface area contributed by atoms with E-state index in [9.17, 15) is 5.11 Å². The first-order chi connectivity index (χ1) is 8.68. The lowest BCUT2D eigenvalue weighted by atomic mass is 9.65. The van der Waals surface area contributed by atoms with Crippen LogP contribution in [0.25, 0.3) is 11.3 Å². The Morgan fingerprint density at radius 2 is 2.22 bits per heavy atom. The fourth-order valence-electron chi connectivity index (χ4n) is 3.51. The number of imidazole rings is 1. The molecule has 1 saturated carbocycles. The van der Waals surface area contributed by atoms with Gasteiger partial charge in [0.15, 0.2) is 0 Å². The molecule has 1 fully saturated rings. The number of aromatic nitrogens is 2.